The molecule has 3 N–H and O–H groups in total. The normalized spacial score (nSPS) is 16.4. The van der Waals surface area contributed by atoms with Crippen LogP contribution >= 0.6 is 0 Å². The summed E-state index contributed by atoms with van der Waals surface area (Å²) in [6.07, 6.45) is 5.87. The number of H-pyrrole nitrogens is 1. The van der Waals surface area contributed by atoms with Crippen molar-refractivity contribution in [3.8, 4) is 0 Å². The molecule has 2 aliphatic rings. The van der Waals surface area contributed by atoms with Crippen molar-refractivity contribution in [2.75, 3.05) is 19.6 Å². The molecule has 7 nitrogen and oxygen atoms in total. The molecule has 29 heavy (non-hydrogen) atoms. The van der Waals surface area contributed by atoms with Crippen LogP contribution in [-0.4, -0.2) is 58.1 Å². The largest absolute Gasteiger partial charge is 0.366 e. The first-order valence-corrected chi connectivity index (χ1v) is 10.1. The number of primary amides is 1. The van der Waals surface area contributed by atoms with E-state index in [1.807, 2.05) is 17.0 Å². The summed E-state index contributed by atoms with van der Waals surface area (Å²) in [5.74, 6) is -0.477. The molecular formula is C22H26N4O3. The number of aromatic amines is 1. The van der Waals surface area contributed by atoms with Crippen LogP contribution in [0, 0.1) is 0 Å². The predicted molar refractivity (Wildman–Crippen MR) is 109 cm³/mol. The Morgan fingerprint density at radius 3 is 2.38 bits per heavy atom. The first kappa shape index (κ1) is 19.4. The lowest BCUT2D eigenvalue weighted by atomic mass is 10.1. The van der Waals surface area contributed by atoms with Crippen LogP contribution in [0.2, 0.25) is 0 Å². The lowest BCUT2D eigenvalue weighted by Gasteiger charge is -2.21. The van der Waals surface area contributed by atoms with Crippen molar-refractivity contribution in [1.82, 2.24) is 14.8 Å². The Kier molecular flexibility index (Phi) is 5.49. The highest BCUT2D eigenvalue weighted by Gasteiger charge is 2.31. The summed E-state index contributed by atoms with van der Waals surface area (Å²) in [6, 6.07) is 9.27. The number of ketones is 1. The zero-order valence-electron chi connectivity index (χ0n) is 16.4. The highest BCUT2D eigenvalue weighted by atomic mass is 16.2. The molecule has 2 heterocycles. The number of hydrogen-bond acceptors (Lipinski definition) is 4. The number of nitrogens with one attached hydrogen (secondary N) is 1. The van der Waals surface area contributed by atoms with Gasteiger partial charge in [0.05, 0.1) is 6.54 Å². The minimum Gasteiger partial charge on any atom is -0.366 e. The summed E-state index contributed by atoms with van der Waals surface area (Å²) in [5, 5.41) is 0. The van der Waals surface area contributed by atoms with Crippen LogP contribution < -0.4 is 5.73 Å². The summed E-state index contributed by atoms with van der Waals surface area (Å²) >= 11 is 0. The second-order valence-corrected chi connectivity index (χ2v) is 7.92. The average Bonchev–Trinajstić information content (AvgIpc) is 3.20. The van der Waals surface area contributed by atoms with Gasteiger partial charge in [0.25, 0.3) is 5.91 Å². The number of amides is 2. The van der Waals surface area contributed by atoms with E-state index < -0.39 is 5.91 Å². The molecule has 152 valence electrons. The van der Waals surface area contributed by atoms with Crippen LogP contribution in [0.4, 0.5) is 0 Å². The Bertz CT molecular complexity index is 908. The summed E-state index contributed by atoms with van der Waals surface area (Å²) in [5.41, 5.74) is 7.83. The van der Waals surface area contributed by atoms with Crippen molar-refractivity contribution < 1.29 is 14.4 Å². The maximum absolute atomic E-state index is 12.8. The fourth-order valence-corrected chi connectivity index (χ4v) is 3.81. The molecule has 7 heteroatoms. The van der Waals surface area contributed by atoms with Gasteiger partial charge >= 0.3 is 0 Å². The molecule has 0 bridgehead atoms. The van der Waals surface area contributed by atoms with Crippen molar-refractivity contribution in [3.63, 3.8) is 0 Å². The van der Waals surface area contributed by atoms with Gasteiger partial charge in [-0.05, 0) is 49.4 Å². The van der Waals surface area contributed by atoms with E-state index in [9.17, 15) is 14.4 Å². The molecule has 1 aliphatic heterocycles. The predicted octanol–water partition coefficient (Wildman–Crippen LogP) is 2.20. The van der Waals surface area contributed by atoms with Gasteiger partial charge in [0.1, 0.15) is 5.69 Å². The molecule has 0 spiro atoms. The minimum atomic E-state index is -0.447. The minimum absolute atomic E-state index is 0.00220. The second kappa shape index (κ2) is 8.21. The van der Waals surface area contributed by atoms with Crippen LogP contribution in [0.1, 0.15) is 62.5 Å². The molecule has 1 aromatic heterocycles. The number of carbonyl (C=O) groups is 3. The summed E-state index contributed by atoms with van der Waals surface area (Å²) in [4.78, 5) is 43.5. The average molecular weight is 394 g/mol. The molecule has 0 atom stereocenters. The van der Waals surface area contributed by atoms with Crippen LogP contribution in [-0.2, 0) is 6.54 Å². The maximum Gasteiger partial charge on any atom is 0.270 e. The van der Waals surface area contributed by atoms with Crippen molar-refractivity contribution >= 4 is 17.6 Å². The number of carbonyl (C=O) groups excluding carboxylic acids is 3. The van der Waals surface area contributed by atoms with Gasteiger partial charge in [-0.1, -0.05) is 12.1 Å². The smallest absolute Gasteiger partial charge is 0.270 e. The first-order chi connectivity index (χ1) is 14.0. The summed E-state index contributed by atoms with van der Waals surface area (Å²) in [7, 11) is 0. The van der Waals surface area contributed by atoms with Gasteiger partial charge in [-0.2, -0.15) is 0 Å². The highest BCUT2D eigenvalue weighted by Crippen LogP contribution is 2.28. The van der Waals surface area contributed by atoms with Crippen LogP contribution in [0.3, 0.4) is 0 Å². The lowest BCUT2D eigenvalue weighted by Crippen LogP contribution is -2.31. The quantitative estimate of drug-likeness (QED) is 0.671. The highest BCUT2D eigenvalue weighted by molar-refractivity contribution is 6.01. The van der Waals surface area contributed by atoms with E-state index in [0.29, 0.717) is 36.0 Å². The number of likely N-dealkylation sites (tertiary alicyclic amines) is 1. The van der Waals surface area contributed by atoms with Crippen molar-refractivity contribution in [1.29, 1.82) is 0 Å². The Morgan fingerprint density at radius 2 is 1.76 bits per heavy atom. The lowest BCUT2D eigenvalue weighted by molar-refractivity contribution is 0.0787. The molecule has 0 unspecified atom stereocenters. The molecule has 1 saturated carbocycles. The second-order valence-electron chi connectivity index (χ2n) is 7.92. The molecule has 4 rings (SSSR count). The molecule has 0 radical (unpaired) electrons. The van der Waals surface area contributed by atoms with Crippen LogP contribution in [0.5, 0.6) is 0 Å². The SMILES string of the molecule is NC(=O)c1ccc(CN(CC(=O)c2c[nH]c(C(=O)N3CCCC3)c2)C2CC2)cc1. The van der Waals surface area contributed by atoms with Gasteiger partial charge in [-0.25, -0.2) is 0 Å². The number of nitrogens with zero attached hydrogens (tertiary/aromatic N) is 2. The number of benzene rings is 1. The third kappa shape index (κ3) is 4.56. The Morgan fingerprint density at radius 1 is 1.07 bits per heavy atom. The zero-order chi connectivity index (χ0) is 20.4. The van der Waals surface area contributed by atoms with Crippen LogP contribution in [0.25, 0.3) is 0 Å². The van der Waals surface area contributed by atoms with Crippen LogP contribution in [0.15, 0.2) is 36.5 Å². The molecule has 2 amide bonds. The molecule has 2 fully saturated rings. The van der Waals surface area contributed by atoms with Crippen molar-refractivity contribution in [3.05, 3.63) is 58.9 Å². The van der Waals surface area contributed by atoms with E-state index in [4.69, 9.17) is 5.73 Å². The number of aromatic nitrogens is 1. The third-order valence-corrected chi connectivity index (χ3v) is 5.66. The van der Waals surface area contributed by atoms with Gasteiger partial charge in [-0.15, -0.1) is 0 Å². The monoisotopic (exact) mass is 394 g/mol. The summed E-state index contributed by atoms with van der Waals surface area (Å²) in [6.45, 7) is 2.51. The van der Waals surface area contributed by atoms with E-state index in [2.05, 4.69) is 9.88 Å². The Labute approximate surface area is 169 Å². The molecular weight excluding hydrogens is 368 g/mol. The third-order valence-electron chi connectivity index (χ3n) is 5.66. The summed E-state index contributed by atoms with van der Waals surface area (Å²) < 4.78 is 0. The van der Waals surface area contributed by atoms with E-state index in [1.54, 1.807) is 24.4 Å². The Balaban J connectivity index is 1.40. The molecule has 2 aromatic rings. The standard InChI is InChI=1S/C22H26N4O3/c23-21(28)16-5-3-15(4-6-16)13-26(18-7-8-18)14-20(27)17-11-19(24-12-17)22(29)25-9-1-2-10-25/h3-6,11-12,18,24H,1-2,7-10,13-14H2,(H2,23,28). The van der Waals surface area contributed by atoms with Gasteiger partial charge in [0.2, 0.25) is 5.91 Å². The van der Waals surface area contributed by atoms with E-state index in [-0.39, 0.29) is 11.7 Å². The topological polar surface area (TPSA) is 99.5 Å². The number of nitrogens with two attached hydrogens (primary N) is 1. The van der Waals surface area contributed by atoms with E-state index >= 15 is 0 Å². The van der Waals surface area contributed by atoms with E-state index in [0.717, 1.165) is 44.3 Å². The molecule has 1 aromatic carbocycles. The van der Waals surface area contributed by atoms with Gasteiger partial charge < -0.3 is 15.6 Å². The van der Waals surface area contributed by atoms with Gasteiger partial charge in [-0.3, -0.25) is 19.3 Å². The first-order valence-electron chi connectivity index (χ1n) is 10.1. The van der Waals surface area contributed by atoms with Gasteiger partial charge in [0.15, 0.2) is 5.78 Å². The van der Waals surface area contributed by atoms with Crippen molar-refractivity contribution in [2.24, 2.45) is 5.73 Å². The fourth-order valence-electron chi connectivity index (χ4n) is 3.81. The Hall–Kier alpha value is -2.93. The number of Topliss-reactive ketones (excluding diaryl/α,β-unsaturated/α-hetero) is 1. The number of hydrogen-bond donors (Lipinski definition) is 2. The van der Waals surface area contributed by atoms with Gasteiger partial charge in [0, 0.05) is 43.0 Å². The zero-order valence-corrected chi connectivity index (χ0v) is 16.4. The molecule has 1 saturated heterocycles. The fraction of sp³-hybridized carbons (Fsp3) is 0.409. The maximum atomic E-state index is 12.8. The van der Waals surface area contributed by atoms with Crippen molar-refractivity contribution in [2.45, 2.75) is 38.3 Å². The van der Waals surface area contributed by atoms with E-state index in [1.165, 1.54) is 0 Å². The molecule has 1 aliphatic carbocycles. The number of rotatable bonds is 8.